The first-order chi connectivity index (χ1) is 9.57. The zero-order chi connectivity index (χ0) is 16.7. The van der Waals surface area contributed by atoms with Gasteiger partial charge in [0.1, 0.15) is 0 Å². The van der Waals surface area contributed by atoms with Gasteiger partial charge in [-0.15, -0.1) is 0 Å². The number of benzene rings is 1. The molecule has 0 aliphatic rings. The summed E-state index contributed by atoms with van der Waals surface area (Å²) in [5.74, 6) is -7.85. The third-order valence-electron chi connectivity index (χ3n) is 1.91. The Morgan fingerprint density at radius 3 is 1.35 bits per heavy atom. The van der Waals surface area contributed by atoms with E-state index in [4.69, 9.17) is 35.1 Å². The van der Waals surface area contributed by atoms with Gasteiger partial charge in [-0.1, -0.05) is 0 Å². The van der Waals surface area contributed by atoms with E-state index in [1.807, 2.05) is 0 Å². The van der Waals surface area contributed by atoms with Crippen LogP contribution in [-0.2, 0) is 31.3 Å². The summed E-state index contributed by atoms with van der Waals surface area (Å²) in [7, 11) is 0. The van der Waals surface area contributed by atoms with Crippen LogP contribution in [0.2, 0.25) is 0 Å². The van der Waals surface area contributed by atoms with Gasteiger partial charge in [-0.2, -0.15) is 0 Å². The van der Waals surface area contributed by atoms with Gasteiger partial charge in [-0.3, -0.25) is 0 Å². The molecule has 1 aromatic rings. The minimum atomic E-state index is -1.82. The normalized spacial score (nSPS) is 8.17. The van der Waals surface area contributed by atoms with E-state index in [0.29, 0.717) is 0 Å². The van der Waals surface area contributed by atoms with Gasteiger partial charge in [0.2, 0.25) is 0 Å². The molecule has 0 unspecified atom stereocenters. The van der Waals surface area contributed by atoms with E-state index in [1.165, 1.54) is 0 Å². The molecule has 12 heteroatoms. The van der Waals surface area contributed by atoms with E-state index in [1.54, 1.807) is 0 Å². The van der Waals surface area contributed by atoms with Crippen LogP contribution >= 0.6 is 0 Å². The fraction of sp³-hybridized carbons (Fsp3) is 0. The van der Waals surface area contributed by atoms with E-state index < -0.39 is 41.0 Å². The summed E-state index contributed by atoms with van der Waals surface area (Å²) < 4.78 is 0. The quantitative estimate of drug-likeness (QED) is 0.312. The molecule has 1 aromatic carbocycles. The monoisotopic (exact) mass is 438 g/mol. The Bertz CT molecular complexity index is 625. The summed E-state index contributed by atoms with van der Waals surface area (Å²) in [5, 5.41) is 40.7. The molecule has 0 radical (unpaired) electrons. The van der Waals surface area contributed by atoms with E-state index >= 15 is 0 Å². The molecule has 0 atom stereocenters. The van der Waals surface area contributed by atoms with Crippen LogP contribution in [0.15, 0.2) is 18.2 Å². The number of aromatic carboxylic acids is 3. The third-order valence-corrected chi connectivity index (χ3v) is 1.91. The van der Waals surface area contributed by atoms with Crippen LogP contribution in [-0.4, -0.2) is 101 Å². The molecule has 0 fully saturated rings. The molecule has 0 amide bonds. The number of rotatable bonds is 3. The third kappa shape index (κ3) is 9.48. The molecule has 0 bridgehead atoms. The van der Waals surface area contributed by atoms with Crippen LogP contribution in [0.4, 0.5) is 0 Å². The molecular formula is C11H10O10SrTi. The number of carboxylic acid groups (broad SMARTS) is 5. The SMILES string of the molecule is O=C(O)C(=O)O.O=C(O)c1ccc(C(=O)O)c(C(=O)O)c1.[H-].[H-].[Sr+2].[Ti]. The van der Waals surface area contributed by atoms with Gasteiger partial charge in [0.15, 0.2) is 0 Å². The van der Waals surface area contributed by atoms with Crippen molar-refractivity contribution < 1.29 is 74.1 Å². The van der Waals surface area contributed by atoms with Gasteiger partial charge in [-0.25, -0.2) is 24.0 Å². The fourth-order valence-corrected chi connectivity index (χ4v) is 1.04. The minimum Gasteiger partial charge on any atom is -1.00 e. The molecular weight excluding hydrogens is 428 g/mol. The van der Waals surface area contributed by atoms with Crippen molar-refractivity contribution in [3.63, 3.8) is 0 Å². The van der Waals surface area contributed by atoms with Crippen LogP contribution < -0.4 is 0 Å². The van der Waals surface area contributed by atoms with Crippen molar-refractivity contribution in [2.24, 2.45) is 0 Å². The van der Waals surface area contributed by atoms with Crippen LogP contribution in [0.1, 0.15) is 33.9 Å². The van der Waals surface area contributed by atoms with Crippen molar-refractivity contribution in [1.82, 2.24) is 0 Å². The van der Waals surface area contributed by atoms with Crippen molar-refractivity contribution in [3.8, 4) is 0 Å². The van der Waals surface area contributed by atoms with Crippen molar-refractivity contribution in [1.29, 1.82) is 0 Å². The van der Waals surface area contributed by atoms with Crippen LogP contribution in [0, 0.1) is 0 Å². The van der Waals surface area contributed by atoms with E-state index in [9.17, 15) is 14.4 Å². The molecule has 1 rings (SSSR count). The summed E-state index contributed by atoms with van der Waals surface area (Å²) in [4.78, 5) is 50.0. The average molecular weight is 438 g/mol. The Kier molecular flexibility index (Phi) is 14.2. The smallest absolute Gasteiger partial charge is 1.00 e. The molecule has 0 saturated carbocycles. The molecule has 0 aliphatic heterocycles. The summed E-state index contributed by atoms with van der Waals surface area (Å²) in [5.41, 5.74) is -1.24. The van der Waals surface area contributed by atoms with Crippen molar-refractivity contribution >= 4 is 75.3 Å². The molecule has 0 spiro atoms. The molecule has 0 saturated heterocycles. The summed E-state index contributed by atoms with van der Waals surface area (Å²) in [6.45, 7) is 0. The number of carbonyl (C=O) groups is 5. The summed E-state index contributed by atoms with van der Waals surface area (Å²) >= 11 is 0. The van der Waals surface area contributed by atoms with Crippen molar-refractivity contribution in [2.75, 3.05) is 0 Å². The second kappa shape index (κ2) is 12.2. The van der Waals surface area contributed by atoms with Gasteiger partial charge in [0.25, 0.3) is 0 Å². The molecule has 0 heterocycles. The number of aliphatic carboxylic acids is 2. The van der Waals surface area contributed by atoms with E-state index in [0.717, 1.165) is 18.2 Å². The van der Waals surface area contributed by atoms with E-state index in [-0.39, 0.29) is 75.6 Å². The van der Waals surface area contributed by atoms with Crippen molar-refractivity contribution in [2.45, 2.75) is 0 Å². The largest absolute Gasteiger partial charge is 2.00 e. The topological polar surface area (TPSA) is 186 Å². The maximum Gasteiger partial charge on any atom is 2.00 e. The average Bonchev–Trinajstić information content (AvgIpc) is 2.38. The Balaban J connectivity index is -0.000000118. The Morgan fingerprint density at radius 2 is 1.09 bits per heavy atom. The maximum absolute atomic E-state index is 10.6. The molecule has 0 aromatic heterocycles. The summed E-state index contributed by atoms with van der Waals surface area (Å²) in [6.07, 6.45) is 0. The zero-order valence-electron chi connectivity index (χ0n) is 13.2. The van der Waals surface area contributed by atoms with Gasteiger partial charge in [-0.05, 0) is 18.2 Å². The number of carboxylic acids is 5. The van der Waals surface area contributed by atoms with Gasteiger partial charge >= 0.3 is 75.3 Å². The second-order valence-electron chi connectivity index (χ2n) is 3.29. The van der Waals surface area contributed by atoms with Crippen LogP contribution in [0.3, 0.4) is 0 Å². The molecule has 120 valence electrons. The first-order valence-electron chi connectivity index (χ1n) is 4.88. The minimum absolute atomic E-state index is 0. The maximum atomic E-state index is 10.6. The Hall–Kier alpha value is -1.24. The predicted molar refractivity (Wildman–Crippen MR) is 70.6 cm³/mol. The molecule has 0 aliphatic carbocycles. The van der Waals surface area contributed by atoms with Crippen LogP contribution in [0.25, 0.3) is 0 Å². The Labute approximate surface area is 182 Å². The molecule has 5 N–H and O–H groups in total. The fourth-order valence-electron chi connectivity index (χ4n) is 1.04. The molecule has 10 nitrogen and oxygen atoms in total. The van der Waals surface area contributed by atoms with E-state index in [2.05, 4.69) is 0 Å². The van der Waals surface area contributed by atoms with Gasteiger partial charge in [0.05, 0.1) is 16.7 Å². The molecule has 23 heavy (non-hydrogen) atoms. The summed E-state index contributed by atoms with van der Waals surface area (Å²) in [6, 6.07) is 2.81. The first kappa shape index (κ1) is 26.7. The predicted octanol–water partition coefficient (Wildman–Crippen LogP) is -0.221. The van der Waals surface area contributed by atoms with Crippen LogP contribution in [0.5, 0.6) is 0 Å². The van der Waals surface area contributed by atoms with Crippen molar-refractivity contribution in [3.05, 3.63) is 34.9 Å². The standard InChI is InChI=1S/C9H6O6.C2H2O4.Sr.Ti.2H/c10-7(11)4-1-2-5(8(12)13)6(3-4)9(14)15;3-1(4)2(5)6;;;;/h1-3H,(H,10,11)(H,12,13)(H,14,15);(H,3,4)(H,5,6);;;;/q;;+2;;2*-1. The number of hydrogen-bond acceptors (Lipinski definition) is 5. The number of hydrogen-bond donors (Lipinski definition) is 5. The van der Waals surface area contributed by atoms with Gasteiger partial charge in [0, 0.05) is 21.7 Å². The van der Waals surface area contributed by atoms with Gasteiger partial charge < -0.3 is 28.4 Å². The zero-order valence-corrected chi connectivity index (χ0v) is 16.3. The Morgan fingerprint density at radius 1 is 0.696 bits per heavy atom. The first-order valence-corrected chi connectivity index (χ1v) is 4.88. The second-order valence-corrected chi connectivity index (χ2v) is 3.29.